The van der Waals surface area contributed by atoms with E-state index in [1.807, 2.05) is 72.8 Å². The number of para-hydroxylation sites is 2. The zero-order chi connectivity index (χ0) is 22.8. The molecule has 0 aliphatic carbocycles. The SMILES string of the molecule is O=C1/C(=C/c2cn(CCOc3ccccc3)c3ccc(Br)cc23)SC(=S)N1c1ccccc1. The lowest BCUT2D eigenvalue weighted by atomic mass is 10.1. The molecule has 164 valence electrons. The molecule has 1 fully saturated rings. The number of amides is 1. The van der Waals surface area contributed by atoms with Crippen molar-refractivity contribution in [3.63, 3.8) is 0 Å². The zero-order valence-electron chi connectivity index (χ0n) is 17.5. The molecule has 0 bridgehead atoms. The Kier molecular flexibility index (Phi) is 6.35. The van der Waals surface area contributed by atoms with Crippen LogP contribution in [0.25, 0.3) is 17.0 Å². The number of rotatable bonds is 6. The highest BCUT2D eigenvalue weighted by molar-refractivity contribution is 9.10. The Morgan fingerprint density at radius 1 is 1.00 bits per heavy atom. The molecule has 4 aromatic rings. The van der Waals surface area contributed by atoms with Gasteiger partial charge in [-0.15, -0.1) is 0 Å². The van der Waals surface area contributed by atoms with Crippen LogP contribution in [0.1, 0.15) is 5.56 Å². The molecule has 0 saturated carbocycles. The fraction of sp³-hybridized carbons (Fsp3) is 0.0769. The third-order valence-corrected chi connectivity index (χ3v) is 7.11. The minimum absolute atomic E-state index is 0.0977. The standard InChI is InChI=1S/C26H19BrN2O2S2/c27-19-11-12-23-22(16-19)18(17-28(23)13-14-31-21-9-5-2-6-10-21)15-24-25(30)29(26(32)33-24)20-7-3-1-4-8-20/h1-12,15-17H,13-14H2/b24-15-. The van der Waals surface area contributed by atoms with Crippen LogP contribution in [-0.2, 0) is 11.3 Å². The molecule has 4 nitrogen and oxygen atoms in total. The van der Waals surface area contributed by atoms with Gasteiger partial charge in [0.25, 0.3) is 5.91 Å². The Labute approximate surface area is 210 Å². The molecule has 0 N–H and O–H groups in total. The number of carbonyl (C=O) groups excluding carboxylic acids is 1. The van der Waals surface area contributed by atoms with Gasteiger partial charge < -0.3 is 9.30 Å². The number of thioether (sulfide) groups is 1. The molecule has 1 amide bonds. The van der Waals surface area contributed by atoms with E-state index in [-0.39, 0.29) is 5.91 Å². The lowest BCUT2D eigenvalue weighted by molar-refractivity contribution is -0.113. The van der Waals surface area contributed by atoms with Crippen molar-refractivity contribution >= 4 is 72.8 Å². The van der Waals surface area contributed by atoms with Crippen LogP contribution in [0.2, 0.25) is 0 Å². The molecule has 0 radical (unpaired) electrons. The van der Waals surface area contributed by atoms with E-state index in [0.717, 1.165) is 32.4 Å². The van der Waals surface area contributed by atoms with Crippen molar-refractivity contribution in [2.24, 2.45) is 0 Å². The van der Waals surface area contributed by atoms with Crippen molar-refractivity contribution in [2.45, 2.75) is 6.54 Å². The van der Waals surface area contributed by atoms with Gasteiger partial charge in [0.1, 0.15) is 12.4 Å². The number of anilines is 1. The molecule has 3 aromatic carbocycles. The molecule has 5 rings (SSSR count). The molecule has 1 aromatic heterocycles. The smallest absolute Gasteiger partial charge is 0.270 e. The molecule has 1 aliphatic heterocycles. The van der Waals surface area contributed by atoms with Crippen molar-refractivity contribution in [2.75, 3.05) is 11.5 Å². The van der Waals surface area contributed by atoms with Crippen LogP contribution < -0.4 is 9.64 Å². The van der Waals surface area contributed by atoms with E-state index in [0.29, 0.717) is 22.4 Å². The Hall–Kier alpha value is -2.87. The largest absolute Gasteiger partial charge is 0.492 e. The summed E-state index contributed by atoms with van der Waals surface area (Å²) in [5.74, 6) is 0.751. The maximum absolute atomic E-state index is 13.2. The number of nitrogens with zero attached hydrogens (tertiary/aromatic N) is 2. The highest BCUT2D eigenvalue weighted by Crippen LogP contribution is 2.37. The molecule has 0 atom stereocenters. The van der Waals surface area contributed by atoms with Gasteiger partial charge in [-0.05, 0) is 48.5 Å². The van der Waals surface area contributed by atoms with E-state index in [2.05, 4.69) is 38.8 Å². The summed E-state index contributed by atoms with van der Waals surface area (Å²) in [5.41, 5.74) is 2.84. The number of hydrogen-bond donors (Lipinski definition) is 0. The maximum atomic E-state index is 13.2. The topological polar surface area (TPSA) is 34.5 Å². The van der Waals surface area contributed by atoms with Crippen LogP contribution in [0.3, 0.4) is 0 Å². The molecule has 1 aliphatic rings. The van der Waals surface area contributed by atoms with Crippen LogP contribution in [0.4, 0.5) is 5.69 Å². The maximum Gasteiger partial charge on any atom is 0.270 e. The van der Waals surface area contributed by atoms with E-state index >= 15 is 0 Å². The molecular formula is C26H19BrN2O2S2. The second kappa shape index (κ2) is 9.55. The Bertz CT molecular complexity index is 1370. The van der Waals surface area contributed by atoms with E-state index in [1.54, 1.807) is 4.90 Å². The Balaban J connectivity index is 1.44. The van der Waals surface area contributed by atoms with E-state index in [1.165, 1.54) is 11.8 Å². The summed E-state index contributed by atoms with van der Waals surface area (Å²) in [5, 5.41) is 1.06. The third-order valence-electron chi connectivity index (χ3n) is 5.31. The summed E-state index contributed by atoms with van der Waals surface area (Å²) in [6, 6.07) is 25.5. The van der Waals surface area contributed by atoms with Gasteiger partial charge in [-0.25, -0.2) is 0 Å². The molecule has 1 saturated heterocycles. The van der Waals surface area contributed by atoms with Crippen LogP contribution >= 0.6 is 39.9 Å². The van der Waals surface area contributed by atoms with Gasteiger partial charge in [0.2, 0.25) is 0 Å². The van der Waals surface area contributed by atoms with E-state index in [9.17, 15) is 4.79 Å². The average molecular weight is 535 g/mol. The number of benzene rings is 3. The predicted octanol–water partition coefficient (Wildman–Crippen LogP) is 6.89. The number of ether oxygens (including phenoxy) is 1. The minimum Gasteiger partial charge on any atom is -0.492 e. The van der Waals surface area contributed by atoms with Crippen molar-refractivity contribution in [1.29, 1.82) is 0 Å². The average Bonchev–Trinajstić information content (AvgIpc) is 3.31. The van der Waals surface area contributed by atoms with Crippen LogP contribution in [0, 0.1) is 0 Å². The molecule has 0 unspecified atom stereocenters. The normalized spacial score (nSPS) is 15.1. The summed E-state index contributed by atoms with van der Waals surface area (Å²) < 4.78 is 9.58. The van der Waals surface area contributed by atoms with Gasteiger partial charge in [-0.2, -0.15) is 0 Å². The number of fused-ring (bicyclic) bond motifs is 1. The van der Waals surface area contributed by atoms with Gasteiger partial charge in [0.05, 0.1) is 17.1 Å². The first-order chi connectivity index (χ1) is 16.1. The van der Waals surface area contributed by atoms with Crippen molar-refractivity contribution in [3.05, 3.63) is 100 Å². The monoisotopic (exact) mass is 534 g/mol. The Morgan fingerprint density at radius 2 is 1.73 bits per heavy atom. The quantitative estimate of drug-likeness (QED) is 0.199. The lowest BCUT2D eigenvalue weighted by Crippen LogP contribution is -2.27. The van der Waals surface area contributed by atoms with Gasteiger partial charge in [0.15, 0.2) is 4.32 Å². The first kappa shape index (κ1) is 21.9. The number of hydrogen-bond acceptors (Lipinski definition) is 4. The summed E-state index contributed by atoms with van der Waals surface area (Å²) in [6.07, 6.45) is 4.01. The number of halogens is 1. The number of aromatic nitrogens is 1. The molecule has 2 heterocycles. The molecule has 7 heteroatoms. The molecule has 33 heavy (non-hydrogen) atoms. The lowest BCUT2D eigenvalue weighted by Gasteiger charge is -2.13. The Morgan fingerprint density at radius 3 is 2.48 bits per heavy atom. The van der Waals surface area contributed by atoms with Gasteiger partial charge in [0, 0.05) is 27.1 Å². The first-order valence-electron chi connectivity index (χ1n) is 10.4. The van der Waals surface area contributed by atoms with Gasteiger partial charge >= 0.3 is 0 Å². The van der Waals surface area contributed by atoms with Crippen molar-refractivity contribution in [3.8, 4) is 5.75 Å². The van der Waals surface area contributed by atoms with Crippen molar-refractivity contribution < 1.29 is 9.53 Å². The van der Waals surface area contributed by atoms with Crippen molar-refractivity contribution in [1.82, 2.24) is 4.57 Å². The summed E-state index contributed by atoms with van der Waals surface area (Å²) in [7, 11) is 0. The van der Waals surface area contributed by atoms with E-state index < -0.39 is 0 Å². The summed E-state index contributed by atoms with van der Waals surface area (Å²) in [4.78, 5) is 15.4. The number of thiocarbonyl (C=S) groups is 1. The van der Waals surface area contributed by atoms with Gasteiger partial charge in [-0.3, -0.25) is 9.69 Å². The van der Waals surface area contributed by atoms with Crippen LogP contribution in [0.15, 0.2) is 94.4 Å². The second-order valence-electron chi connectivity index (χ2n) is 7.45. The third kappa shape index (κ3) is 4.62. The predicted molar refractivity (Wildman–Crippen MR) is 144 cm³/mol. The molecular weight excluding hydrogens is 516 g/mol. The fourth-order valence-electron chi connectivity index (χ4n) is 3.78. The first-order valence-corrected chi connectivity index (χ1v) is 12.4. The summed E-state index contributed by atoms with van der Waals surface area (Å²) in [6.45, 7) is 1.23. The minimum atomic E-state index is -0.0977. The summed E-state index contributed by atoms with van der Waals surface area (Å²) >= 11 is 10.4. The highest BCUT2D eigenvalue weighted by Gasteiger charge is 2.33. The fourth-order valence-corrected chi connectivity index (χ4v) is 5.44. The van der Waals surface area contributed by atoms with Gasteiger partial charge in [-0.1, -0.05) is 76.3 Å². The van der Waals surface area contributed by atoms with E-state index in [4.69, 9.17) is 17.0 Å². The second-order valence-corrected chi connectivity index (χ2v) is 10.0. The van der Waals surface area contributed by atoms with Crippen LogP contribution in [-0.4, -0.2) is 21.4 Å². The zero-order valence-corrected chi connectivity index (χ0v) is 20.7. The molecule has 0 spiro atoms. The number of carbonyl (C=O) groups is 1. The van der Waals surface area contributed by atoms with Crippen LogP contribution in [0.5, 0.6) is 5.75 Å². The highest BCUT2D eigenvalue weighted by atomic mass is 79.9.